The summed E-state index contributed by atoms with van der Waals surface area (Å²) >= 11 is 3.29. The van der Waals surface area contributed by atoms with E-state index in [1.807, 2.05) is 12.1 Å². The molecule has 1 heterocycles. The summed E-state index contributed by atoms with van der Waals surface area (Å²) in [5, 5.41) is 3.82. The Kier molecular flexibility index (Phi) is 2.25. The summed E-state index contributed by atoms with van der Waals surface area (Å²) in [5.41, 5.74) is 6.03. The maximum atomic E-state index is 13.3. The zero-order valence-corrected chi connectivity index (χ0v) is 8.70. The Morgan fingerprint density at radius 1 is 1.29 bits per heavy atom. The monoisotopic (exact) mass is 255 g/mol. The quantitative estimate of drug-likeness (QED) is 0.851. The molecule has 14 heavy (non-hydrogen) atoms. The van der Waals surface area contributed by atoms with Crippen molar-refractivity contribution in [2.75, 3.05) is 5.73 Å². The summed E-state index contributed by atoms with van der Waals surface area (Å²) in [6.07, 6.45) is 1.29. The Morgan fingerprint density at radius 3 is 2.43 bits per heavy atom. The van der Waals surface area contributed by atoms with Gasteiger partial charge in [-0.25, -0.2) is 4.68 Å². The summed E-state index contributed by atoms with van der Waals surface area (Å²) in [5.74, 6) is -0.535. The van der Waals surface area contributed by atoms with Crippen LogP contribution in [0.5, 0.6) is 0 Å². The van der Waals surface area contributed by atoms with Gasteiger partial charge in [-0.2, -0.15) is 9.49 Å². The predicted octanol–water partition coefficient (Wildman–Crippen LogP) is 2.36. The van der Waals surface area contributed by atoms with Gasteiger partial charge in [-0.1, -0.05) is 15.9 Å². The number of nitrogen functional groups attached to an aromatic ring is 1. The first-order chi connectivity index (χ1) is 6.68. The molecular formula is C9H7BrFN3. The van der Waals surface area contributed by atoms with Crippen LogP contribution in [0.3, 0.4) is 0 Å². The highest BCUT2D eigenvalue weighted by atomic mass is 79.9. The number of anilines is 1. The van der Waals surface area contributed by atoms with E-state index >= 15 is 0 Å². The molecule has 0 saturated heterocycles. The Labute approximate surface area is 88.5 Å². The number of rotatable bonds is 1. The van der Waals surface area contributed by atoms with E-state index in [0.717, 1.165) is 9.15 Å². The van der Waals surface area contributed by atoms with Crippen molar-refractivity contribution in [2.45, 2.75) is 0 Å². The molecule has 0 saturated carbocycles. The Balaban J connectivity index is 2.49. The minimum Gasteiger partial charge on any atom is -0.394 e. The molecule has 72 valence electrons. The van der Waals surface area contributed by atoms with E-state index in [1.165, 1.54) is 6.20 Å². The lowest BCUT2D eigenvalue weighted by Crippen LogP contribution is -2.00. The molecule has 0 radical (unpaired) electrons. The second-order valence-corrected chi connectivity index (χ2v) is 3.69. The third-order valence-corrected chi connectivity index (χ3v) is 2.34. The molecule has 2 N–H and O–H groups in total. The Bertz CT molecular complexity index is 450. The van der Waals surface area contributed by atoms with Gasteiger partial charge in [0.1, 0.15) is 5.69 Å². The third-order valence-electron chi connectivity index (χ3n) is 1.81. The zero-order valence-electron chi connectivity index (χ0n) is 7.11. The minimum atomic E-state index is -0.535. The fourth-order valence-corrected chi connectivity index (χ4v) is 1.37. The van der Waals surface area contributed by atoms with Crippen molar-refractivity contribution in [1.29, 1.82) is 0 Å². The molecule has 3 nitrogen and oxygen atoms in total. The van der Waals surface area contributed by atoms with Crippen LogP contribution >= 0.6 is 15.9 Å². The molecule has 0 bridgehead atoms. The number of hydrogen-bond donors (Lipinski definition) is 1. The van der Waals surface area contributed by atoms with Crippen molar-refractivity contribution >= 4 is 21.6 Å². The van der Waals surface area contributed by atoms with Gasteiger partial charge in [0.2, 0.25) is 5.95 Å². The van der Waals surface area contributed by atoms with Crippen LogP contribution < -0.4 is 5.73 Å². The molecule has 0 amide bonds. The van der Waals surface area contributed by atoms with Crippen molar-refractivity contribution in [3.05, 3.63) is 40.9 Å². The number of aromatic nitrogens is 2. The summed E-state index contributed by atoms with van der Waals surface area (Å²) < 4.78 is 15.4. The first kappa shape index (κ1) is 9.21. The van der Waals surface area contributed by atoms with Gasteiger partial charge in [0.05, 0.1) is 11.9 Å². The molecule has 0 aliphatic heterocycles. The second-order valence-electron chi connectivity index (χ2n) is 2.78. The van der Waals surface area contributed by atoms with E-state index in [2.05, 4.69) is 21.0 Å². The van der Waals surface area contributed by atoms with E-state index in [1.54, 1.807) is 12.1 Å². The topological polar surface area (TPSA) is 43.8 Å². The van der Waals surface area contributed by atoms with Crippen LogP contribution in [0.25, 0.3) is 5.69 Å². The molecular weight excluding hydrogens is 249 g/mol. The number of halogens is 2. The highest BCUT2D eigenvalue weighted by Crippen LogP contribution is 2.17. The highest BCUT2D eigenvalue weighted by molar-refractivity contribution is 9.10. The van der Waals surface area contributed by atoms with Crippen molar-refractivity contribution in [1.82, 2.24) is 9.78 Å². The summed E-state index contributed by atoms with van der Waals surface area (Å²) in [6, 6.07) is 7.12. The molecule has 0 aliphatic carbocycles. The van der Waals surface area contributed by atoms with E-state index in [0.29, 0.717) is 5.69 Å². The largest absolute Gasteiger partial charge is 0.394 e. The van der Waals surface area contributed by atoms with Crippen LogP contribution in [0, 0.1) is 5.95 Å². The molecule has 0 unspecified atom stereocenters. The van der Waals surface area contributed by atoms with Gasteiger partial charge in [0.15, 0.2) is 0 Å². The zero-order chi connectivity index (χ0) is 10.1. The van der Waals surface area contributed by atoms with Gasteiger partial charge in [-0.3, -0.25) is 0 Å². The van der Waals surface area contributed by atoms with Crippen LogP contribution in [-0.4, -0.2) is 9.78 Å². The summed E-state index contributed by atoms with van der Waals surface area (Å²) in [7, 11) is 0. The molecule has 5 heteroatoms. The Morgan fingerprint density at radius 2 is 1.93 bits per heavy atom. The lowest BCUT2D eigenvalue weighted by molar-refractivity contribution is 0.540. The SMILES string of the molecule is Nc1cnn(-c2ccc(Br)cc2)c1F. The van der Waals surface area contributed by atoms with Crippen molar-refractivity contribution in [2.24, 2.45) is 0 Å². The van der Waals surface area contributed by atoms with E-state index in [4.69, 9.17) is 5.73 Å². The molecule has 0 fully saturated rings. The van der Waals surface area contributed by atoms with Crippen LogP contribution in [-0.2, 0) is 0 Å². The van der Waals surface area contributed by atoms with Gasteiger partial charge < -0.3 is 5.73 Å². The maximum Gasteiger partial charge on any atom is 0.239 e. The number of hydrogen-bond acceptors (Lipinski definition) is 2. The van der Waals surface area contributed by atoms with Gasteiger partial charge in [-0.15, -0.1) is 0 Å². The molecule has 1 aromatic carbocycles. The molecule has 0 spiro atoms. The minimum absolute atomic E-state index is 0.0490. The van der Waals surface area contributed by atoms with Crippen LogP contribution in [0.1, 0.15) is 0 Å². The summed E-state index contributed by atoms with van der Waals surface area (Å²) in [4.78, 5) is 0. The lowest BCUT2D eigenvalue weighted by Gasteiger charge is -2.01. The average molecular weight is 256 g/mol. The molecule has 0 aliphatic rings. The van der Waals surface area contributed by atoms with E-state index in [9.17, 15) is 4.39 Å². The summed E-state index contributed by atoms with van der Waals surface area (Å²) in [6.45, 7) is 0. The molecule has 2 aromatic rings. The molecule has 0 atom stereocenters. The van der Waals surface area contributed by atoms with Gasteiger partial charge in [0.25, 0.3) is 0 Å². The van der Waals surface area contributed by atoms with Gasteiger partial charge in [-0.05, 0) is 24.3 Å². The lowest BCUT2D eigenvalue weighted by atomic mass is 10.3. The van der Waals surface area contributed by atoms with Gasteiger partial charge in [0, 0.05) is 4.47 Å². The normalized spacial score (nSPS) is 10.4. The number of benzene rings is 1. The smallest absolute Gasteiger partial charge is 0.239 e. The number of nitrogens with two attached hydrogens (primary N) is 1. The average Bonchev–Trinajstić information content (AvgIpc) is 2.50. The van der Waals surface area contributed by atoms with E-state index in [-0.39, 0.29) is 5.69 Å². The first-order valence-corrected chi connectivity index (χ1v) is 4.73. The van der Waals surface area contributed by atoms with E-state index < -0.39 is 5.95 Å². The van der Waals surface area contributed by atoms with Gasteiger partial charge >= 0.3 is 0 Å². The second kappa shape index (κ2) is 3.42. The molecule has 1 aromatic heterocycles. The van der Waals surface area contributed by atoms with Crippen LogP contribution in [0.2, 0.25) is 0 Å². The first-order valence-electron chi connectivity index (χ1n) is 3.93. The van der Waals surface area contributed by atoms with Crippen LogP contribution in [0.4, 0.5) is 10.1 Å². The molecule has 2 rings (SSSR count). The maximum absolute atomic E-state index is 13.3. The van der Waals surface area contributed by atoms with Crippen LogP contribution in [0.15, 0.2) is 34.9 Å². The van der Waals surface area contributed by atoms with Crippen molar-refractivity contribution < 1.29 is 4.39 Å². The highest BCUT2D eigenvalue weighted by Gasteiger charge is 2.08. The Hall–Kier alpha value is -1.36. The fraction of sp³-hybridized carbons (Fsp3) is 0. The predicted molar refractivity (Wildman–Crippen MR) is 55.6 cm³/mol. The fourth-order valence-electron chi connectivity index (χ4n) is 1.11. The standard InChI is InChI=1S/C9H7BrFN3/c10-6-1-3-7(4-2-6)14-9(11)8(12)5-13-14/h1-5H,12H2. The van der Waals surface area contributed by atoms with Crippen molar-refractivity contribution in [3.8, 4) is 5.69 Å². The third kappa shape index (κ3) is 1.50. The number of nitrogens with zero attached hydrogens (tertiary/aromatic N) is 2. The van der Waals surface area contributed by atoms with Crippen molar-refractivity contribution in [3.63, 3.8) is 0 Å².